The minimum Gasteiger partial charge on any atom is -0.493 e. The van der Waals surface area contributed by atoms with Gasteiger partial charge in [-0.05, 0) is 87.1 Å². The number of amides is 2. The molecule has 0 radical (unpaired) electrons. The van der Waals surface area contributed by atoms with Gasteiger partial charge in [-0.1, -0.05) is 41.9 Å². The summed E-state index contributed by atoms with van der Waals surface area (Å²) in [7, 11) is 3.22. The fourth-order valence-electron chi connectivity index (χ4n) is 5.39. The number of carbonyl (C=O) groups is 2. The molecule has 0 spiro atoms. The van der Waals surface area contributed by atoms with E-state index in [0.29, 0.717) is 67.0 Å². The molecule has 1 saturated heterocycles. The number of likely N-dealkylation sites (tertiary alicyclic amines) is 1. The number of hydrogen-bond acceptors (Lipinski definition) is 6. The fourth-order valence-corrected chi connectivity index (χ4v) is 5.52. The van der Waals surface area contributed by atoms with Crippen molar-refractivity contribution in [1.29, 1.82) is 0 Å². The third-order valence-electron chi connectivity index (χ3n) is 7.53. The van der Waals surface area contributed by atoms with Gasteiger partial charge in [0.2, 0.25) is 0 Å². The number of hydrogen-bond donors (Lipinski definition) is 0. The molecule has 2 atom stereocenters. The Labute approximate surface area is 265 Å². The molecule has 0 saturated carbocycles. The number of ether oxygens (including phenoxy) is 4. The molecular weight excluding hydrogens is 580 g/mol. The molecule has 9 heteroatoms. The van der Waals surface area contributed by atoms with Crippen LogP contribution in [0.15, 0.2) is 72.8 Å². The molecule has 1 aliphatic heterocycles. The molecule has 8 nitrogen and oxygen atoms in total. The summed E-state index contributed by atoms with van der Waals surface area (Å²) in [6, 6.07) is 22.7. The Morgan fingerprint density at radius 2 is 1.61 bits per heavy atom. The molecule has 1 fully saturated rings. The second-order valence-electron chi connectivity index (χ2n) is 12.0. The Morgan fingerprint density at radius 3 is 2.27 bits per heavy atom. The van der Waals surface area contributed by atoms with Gasteiger partial charge in [0.05, 0.1) is 13.7 Å². The number of nitrogens with zero attached hydrogens (tertiary/aromatic N) is 2. The number of benzene rings is 3. The third kappa shape index (κ3) is 9.13. The Hall–Kier alpha value is -3.75. The molecule has 3 aromatic rings. The molecular formula is C35H43ClN2O6. The largest absolute Gasteiger partial charge is 0.493 e. The van der Waals surface area contributed by atoms with Crippen molar-refractivity contribution in [1.82, 2.24) is 4.90 Å². The lowest BCUT2D eigenvalue weighted by atomic mass is 9.89. The lowest BCUT2D eigenvalue weighted by Crippen LogP contribution is -2.39. The van der Waals surface area contributed by atoms with Gasteiger partial charge < -0.3 is 28.7 Å². The Morgan fingerprint density at radius 1 is 0.909 bits per heavy atom. The van der Waals surface area contributed by atoms with Crippen LogP contribution in [0.2, 0.25) is 5.02 Å². The standard InChI is InChI=1S/C35H43ClN2O6/c1-35(2,3)44-34(40)37-22-27(20-25-10-7-6-8-11-25)28(23-37)24-38(30-15-13-29(36)14-16-30)33(39)26-12-17-31(42-5)32(21-26)43-19-9-18-41-4/h6-8,10-17,21,27-28H,9,18-20,22-24H2,1-5H3/t27-,28+/m1/s1. The predicted octanol–water partition coefficient (Wildman–Crippen LogP) is 7.14. The summed E-state index contributed by atoms with van der Waals surface area (Å²) in [5.41, 5.74) is 1.76. The molecule has 0 unspecified atom stereocenters. The van der Waals surface area contributed by atoms with Gasteiger partial charge in [0.25, 0.3) is 5.91 Å². The van der Waals surface area contributed by atoms with E-state index in [4.69, 9.17) is 30.5 Å². The summed E-state index contributed by atoms with van der Waals surface area (Å²) in [5.74, 6) is 0.951. The Bertz CT molecular complexity index is 1380. The van der Waals surface area contributed by atoms with Crippen LogP contribution in [0.3, 0.4) is 0 Å². The van der Waals surface area contributed by atoms with Gasteiger partial charge in [-0.2, -0.15) is 0 Å². The van der Waals surface area contributed by atoms with E-state index in [9.17, 15) is 9.59 Å². The molecule has 1 aliphatic rings. The third-order valence-corrected chi connectivity index (χ3v) is 7.78. The first kappa shape index (κ1) is 33.1. The highest BCUT2D eigenvalue weighted by Gasteiger charge is 2.39. The molecule has 0 aromatic heterocycles. The lowest BCUT2D eigenvalue weighted by Gasteiger charge is -2.29. The van der Waals surface area contributed by atoms with Crippen molar-refractivity contribution in [3.63, 3.8) is 0 Å². The maximum Gasteiger partial charge on any atom is 0.410 e. The molecule has 4 rings (SSSR count). The number of methoxy groups -OCH3 is 2. The first-order valence-corrected chi connectivity index (χ1v) is 15.3. The second kappa shape index (κ2) is 15.3. The highest BCUT2D eigenvalue weighted by molar-refractivity contribution is 6.30. The number of rotatable bonds is 12. The van der Waals surface area contributed by atoms with E-state index in [2.05, 4.69) is 12.1 Å². The summed E-state index contributed by atoms with van der Waals surface area (Å²) in [4.78, 5) is 31.0. The predicted molar refractivity (Wildman–Crippen MR) is 173 cm³/mol. The van der Waals surface area contributed by atoms with E-state index in [1.807, 2.05) is 51.1 Å². The van der Waals surface area contributed by atoms with E-state index in [1.54, 1.807) is 54.4 Å². The van der Waals surface area contributed by atoms with E-state index in [0.717, 1.165) is 6.42 Å². The maximum absolute atomic E-state index is 14.3. The summed E-state index contributed by atoms with van der Waals surface area (Å²) in [6.07, 6.45) is 1.14. The molecule has 3 aromatic carbocycles. The zero-order valence-electron chi connectivity index (χ0n) is 26.3. The van der Waals surface area contributed by atoms with Crippen LogP contribution in [-0.2, 0) is 15.9 Å². The number of carbonyl (C=O) groups excluding carboxylic acids is 2. The zero-order chi connectivity index (χ0) is 31.7. The van der Waals surface area contributed by atoms with Gasteiger partial charge in [0.1, 0.15) is 5.60 Å². The number of anilines is 1. The SMILES string of the molecule is COCCCOc1cc(C(=O)N(C[C@@H]2CN(C(=O)OC(C)(C)C)C[C@H]2Cc2ccccc2)c2ccc(Cl)cc2)ccc1OC. The molecule has 0 N–H and O–H groups in total. The highest BCUT2D eigenvalue weighted by atomic mass is 35.5. The Kier molecular flexibility index (Phi) is 11.5. The second-order valence-corrected chi connectivity index (χ2v) is 12.5. The van der Waals surface area contributed by atoms with Crippen LogP contribution in [0, 0.1) is 11.8 Å². The quantitative estimate of drug-likeness (QED) is 0.200. The molecule has 1 heterocycles. The van der Waals surface area contributed by atoms with Crippen LogP contribution < -0.4 is 14.4 Å². The van der Waals surface area contributed by atoms with Crippen LogP contribution in [0.5, 0.6) is 11.5 Å². The van der Waals surface area contributed by atoms with E-state index in [1.165, 1.54) is 5.56 Å². The van der Waals surface area contributed by atoms with Crippen molar-refractivity contribution in [2.24, 2.45) is 11.8 Å². The van der Waals surface area contributed by atoms with Gasteiger partial charge in [-0.3, -0.25) is 4.79 Å². The van der Waals surface area contributed by atoms with Crippen molar-refractivity contribution in [2.45, 2.75) is 39.2 Å². The van der Waals surface area contributed by atoms with Gasteiger partial charge in [-0.25, -0.2) is 4.79 Å². The minimum atomic E-state index is -0.604. The van der Waals surface area contributed by atoms with Crippen LogP contribution >= 0.6 is 11.6 Å². The van der Waals surface area contributed by atoms with Crippen molar-refractivity contribution in [3.8, 4) is 11.5 Å². The van der Waals surface area contributed by atoms with Crippen molar-refractivity contribution in [3.05, 3.63) is 88.9 Å². The van der Waals surface area contributed by atoms with Crippen molar-refractivity contribution >= 4 is 29.3 Å². The van der Waals surface area contributed by atoms with E-state index >= 15 is 0 Å². The summed E-state index contributed by atoms with van der Waals surface area (Å²) in [6.45, 7) is 8.00. The molecule has 0 bridgehead atoms. The average Bonchev–Trinajstić information content (AvgIpc) is 3.40. The molecule has 0 aliphatic carbocycles. The van der Waals surface area contributed by atoms with Crippen molar-refractivity contribution in [2.75, 3.05) is 52.0 Å². The van der Waals surface area contributed by atoms with E-state index in [-0.39, 0.29) is 23.8 Å². The number of halogens is 1. The van der Waals surface area contributed by atoms with E-state index < -0.39 is 5.60 Å². The zero-order valence-corrected chi connectivity index (χ0v) is 27.0. The monoisotopic (exact) mass is 622 g/mol. The first-order chi connectivity index (χ1) is 21.1. The van der Waals surface area contributed by atoms with Gasteiger partial charge in [-0.15, -0.1) is 0 Å². The summed E-state index contributed by atoms with van der Waals surface area (Å²) < 4.78 is 22.3. The van der Waals surface area contributed by atoms with Crippen LogP contribution in [-0.4, -0.2) is 69.6 Å². The molecule has 44 heavy (non-hydrogen) atoms. The van der Waals surface area contributed by atoms with Gasteiger partial charge in [0.15, 0.2) is 11.5 Å². The lowest BCUT2D eigenvalue weighted by molar-refractivity contribution is 0.0284. The normalized spacial score (nSPS) is 16.5. The van der Waals surface area contributed by atoms with Crippen LogP contribution in [0.4, 0.5) is 10.5 Å². The van der Waals surface area contributed by atoms with Crippen LogP contribution in [0.1, 0.15) is 43.1 Å². The van der Waals surface area contributed by atoms with Crippen molar-refractivity contribution < 1.29 is 28.5 Å². The van der Waals surface area contributed by atoms with Crippen LogP contribution in [0.25, 0.3) is 0 Å². The summed E-state index contributed by atoms with van der Waals surface area (Å²) >= 11 is 6.23. The molecule has 236 valence electrons. The first-order valence-electron chi connectivity index (χ1n) is 15.0. The topological polar surface area (TPSA) is 77.5 Å². The van der Waals surface area contributed by atoms with Gasteiger partial charge >= 0.3 is 6.09 Å². The maximum atomic E-state index is 14.3. The Balaban J connectivity index is 1.64. The highest BCUT2D eigenvalue weighted by Crippen LogP contribution is 2.33. The van der Waals surface area contributed by atoms with Gasteiger partial charge in [0, 0.05) is 56.0 Å². The minimum absolute atomic E-state index is 0.00892. The summed E-state index contributed by atoms with van der Waals surface area (Å²) in [5, 5.41) is 0.580. The average molecular weight is 623 g/mol. The smallest absolute Gasteiger partial charge is 0.410 e. The molecule has 2 amide bonds. The fraction of sp³-hybridized carbons (Fsp3) is 0.429.